The molecule has 8 heteroatoms. The number of rotatable bonds is 6. The van der Waals surface area contributed by atoms with E-state index in [-0.39, 0.29) is 18.0 Å². The molecule has 0 radical (unpaired) electrons. The van der Waals surface area contributed by atoms with Gasteiger partial charge >= 0.3 is 0 Å². The van der Waals surface area contributed by atoms with Crippen LogP contribution in [0.15, 0.2) is 52.8 Å². The SMILES string of the molecule is CCc1c(C(=O)N(C)Cc2nc3ccsc3c(=O)[nH]2)cnn1Cc1ccccc1. The number of amides is 1. The molecule has 0 unspecified atom stereocenters. The van der Waals surface area contributed by atoms with Crippen LogP contribution in [-0.2, 0) is 19.5 Å². The highest BCUT2D eigenvalue weighted by Crippen LogP contribution is 2.17. The number of carbonyl (C=O) groups is 1. The van der Waals surface area contributed by atoms with Gasteiger partial charge in [-0.3, -0.25) is 14.3 Å². The number of aromatic nitrogens is 4. The van der Waals surface area contributed by atoms with Gasteiger partial charge in [0.05, 0.1) is 36.1 Å². The highest BCUT2D eigenvalue weighted by molar-refractivity contribution is 7.17. The Morgan fingerprint density at radius 3 is 2.79 bits per heavy atom. The lowest BCUT2D eigenvalue weighted by Gasteiger charge is -2.17. The van der Waals surface area contributed by atoms with Gasteiger partial charge in [-0.15, -0.1) is 11.3 Å². The highest BCUT2D eigenvalue weighted by atomic mass is 32.1. The quantitative estimate of drug-likeness (QED) is 0.532. The van der Waals surface area contributed by atoms with Crippen LogP contribution < -0.4 is 5.56 Å². The Bertz CT molecular complexity index is 1210. The molecule has 4 aromatic rings. The van der Waals surface area contributed by atoms with Crippen molar-refractivity contribution in [1.29, 1.82) is 0 Å². The molecule has 29 heavy (non-hydrogen) atoms. The molecule has 3 heterocycles. The van der Waals surface area contributed by atoms with Crippen LogP contribution in [0.4, 0.5) is 0 Å². The number of H-pyrrole nitrogens is 1. The first-order valence-corrected chi connectivity index (χ1v) is 10.2. The average molecular weight is 407 g/mol. The van der Waals surface area contributed by atoms with E-state index in [9.17, 15) is 9.59 Å². The van der Waals surface area contributed by atoms with Crippen LogP contribution in [0.5, 0.6) is 0 Å². The lowest BCUT2D eigenvalue weighted by Crippen LogP contribution is -2.29. The fraction of sp³-hybridized carbons (Fsp3) is 0.238. The molecule has 0 fully saturated rings. The largest absolute Gasteiger partial charge is 0.334 e. The summed E-state index contributed by atoms with van der Waals surface area (Å²) in [5.41, 5.74) is 3.07. The molecule has 4 rings (SSSR count). The van der Waals surface area contributed by atoms with Crippen LogP contribution in [0.3, 0.4) is 0 Å². The zero-order chi connectivity index (χ0) is 20.4. The van der Waals surface area contributed by atoms with Crippen molar-refractivity contribution in [2.75, 3.05) is 7.05 Å². The van der Waals surface area contributed by atoms with Crippen LogP contribution in [0.2, 0.25) is 0 Å². The molecule has 0 aliphatic heterocycles. The molecular formula is C21H21N5O2S. The maximum atomic E-state index is 13.0. The number of thiophene rings is 1. The molecule has 0 saturated heterocycles. The molecule has 3 aromatic heterocycles. The number of aromatic amines is 1. The minimum absolute atomic E-state index is 0.144. The fourth-order valence-electron chi connectivity index (χ4n) is 3.35. The summed E-state index contributed by atoms with van der Waals surface area (Å²) in [5.74, 6) is 0.320. The van der Waals surface area contributed by atoms with Crippen molar-refractivity contribution >= 4 is 27.5 Å². The second-order valence-corrected chi connectivity index (χ2v) is 7.73. The van der Waals surface area contributed by atoms with Crippen LogP contribution >= 0.6 is 11.3 Å². The lowest BCUT2D eigenvalue weighted by atomic mass is 10.1. The molecule has 7 nitrogen and oxygen atoms in total. The summed E-state index contributed by atoms with van der Waals surface area (Å²) in [6.07, 6.45) is 2.32. The van der Waals surface area contributed by atoms with Crippen molar-refractivity contribution in [2.24, 2.45) is 0 Å². The molecule has 0 aliphatic rings. The third-order valence-corrected chi connectivity index (χ3v) is 5.69. The van der Waals surface area contributed by atoms with Crippen molar-refractivity contribution in [3.63, 3.8) is 0 Å². The number of benzene rings is 1. The van der Waals surface area contributed by atoms with Gasteiger partial charge in [0.2, 0.25) is 0 Å². The average Bonchev–Trinajstić information content (AvgIpc) is 3.35. The lowest BCUT2D eigenvalue weighted by molar-refractivity contribution is 0.0780. The van der Waals surface area contributed by atoms with E-state index in [1.807, 2.05) is 53.4 Å². The molecule has 0 atom stereocenters. The Balaban J connectivity index is 1.56. The molecule has 0 spiro atoms. The van der Waals surface area contributed by atoms with E-state index < -0.39 is 0 Å². The summed E-state index contributed by atoms with van der Waals surface area (Å²) in [4.78, 5) is 34.0. The Morgan fingerprint density at radius 2 is 2.03 bits per heavy atom. The second-order valence-electron chi connectivity index (χ2n) is 6.81. The van der Waals surface area contributed by atoms with Crippen LogP contribution in [0.25, 0.3) is 10.2 Å². The van der Waals surface area contributed by atoms with Gasteiger partial charge in [0.1, 0.15) is 10.5 Å². The number of hydrogen-bond acceptors (Lipinski definition) is 5. The third-order valence-electron chi connectivity index (χ3n) is 4.79. The standard InChI is InChI=1S/C21H21N5O2S/c1-3-17-15(11-22-26(17)12-14-7-5-4-6-8-14)21(28)25(2)13-18-23-16-9-10-29-19(16)20(27)24-18/h4-11H,3,12-13H2,1-2H3,(H,23,24,27). The smallest absolute Gasteiger partial charge is 0.268 e. The van der Waals surface area contributed by atoms with Crippen molar-refractivity contribution in [1.82, 2.24) is 24.6 Å². The first-order chi connectivity index (χ1) is 14.1. The summed E-state index contributed by atoms with van der Waals surface area (Å²) < 4.78 is 2.46. The fourth-order valence-corrected chi connectivity index (χ4v) is 4.08. The van der Waals surface area contributed by atoms with Crippen LogP contribution in [0.1, 0.15) is 34.4 Å². The summed E-state index contributed by atoms with van der Waals surface area (Å²) in [6, 6.07) is 11.8. The minimum atomic E-state index is -0.175. The van der Waals surface area contributed by atoms with Crippen LogP contribution in [-0.4, -0.2) is 37.6 Å². The van der Waals surface area contributed by atoms with Gasteiger partial charge in [-0.2, -0.15) is 5.10 Å². The second kappa shape index (κ2) is 8.00. The highest BCUT2D eigenvalue weighted by Gasteiger charge is 2.20. The van der Waals surface area contributed by atoms with Crippen LogP contribution in [0, 0.1) is 0 Å². The Hall–Kier alpha value is -3.26. The van der Waals surface area contributed by atoms with Crippen molar-refractivity contribution < 1.29 is 4.79 Å². The molecule has 0 saturated carbocycles. The summed E-state index contributed by atoms with van der Waals surface area (Å²) in [5, 5.41) is 6.27. The van der Waals surface area contributed by atoms with E-state index >= 15 is 0 Å². The van der Waals surface area contributed by atoms with Gasteiger partial charge in [0.25, 0.3) is 11.5 Å². The first-order valence-electron chi connectivity index (χ1n) is 9.37. The van der Waals surface area contributed by atoms with E-state index in [4.69, 9.17) is 0 Å². The van der Waals surface area contributed by atoms with Crippen molar-refractivity contribution in [3.8, 4) is 0 Å². The van der Waals surface area contributed by atoms with E-state index in [0.717, 1.165) is 11.3 Å². The van der Waals surface area contributed by atoms with Gasteiger partial charge in [0, 0.05) is 7.05 Å². The zero-order valence-electron chi connectivity index (χ0n) is 16.3. The number of carbonyl (C=O) groups excluding carboxylic acids is 1. The van der Waals surface area contributed by atoms with Gasteiger partial charge in [-0.1, -0.05) is 37.3 Å². The molecular weight excluding hydrogens is 386 g/mol. The predicted molar refractivity (Wildman–Crippen MR) is 113 cm³/mol. The van der Waals surface area contributed by atoms with E-state index in [0.29, 0.717) is 34.6 Å². The number of hydrogen-bond donors (Lipinski definition) is 1. The number of nitrogens with zero attached hydrogens (tertiary/aromatic N) is 4. The molecule has 1 aromatic carbocycles. The topological polar surface area (TPSA) is 83.9 Å². The molecule has 148 valence electrons. The number of nitrogens with one attached hydrogen (secondary N) is 1. The maximum absolute atomic E-state index is 13.0. The monoisotopic (exact) mass is 407 g/mol. The Kier molecular flexibility index (Phi) is 5.26. The Labute approximate surface area is 171 Å². The first kappa shape index (κ1) is 19.1. The molecule has 1 N–H and O–H groups in total. The van der Waals surface area contributed by atoms with Gasteiger partial charge in [-0.25, -0.2) is 4.98 Å². The zero-order valence-corrected chi connectivity index (χ0v) is 17.1. The van der Waals surface area contributed by atoms with E-state index in [1.54, 1.807) is 18.1 Å². The normalized spacial score (nSPS) is 11.1. The maximum Gasteiger partial charge on any atom is 0.268 e. The van der Waals surface area contributed by atoms with Gasteiger partial charge in [-0.05, 0) is 23.4 Å². The summed E-state index contributed by atoms with van der Waals surface area (Å²) >= 11 is 1.36. The summed E-state index contributed by atoms with van der Waals surface area (Å²) in [6.45, 7) is 2.84. The van der Waals surface area contributed by atoms with E-state index in [1.165, 1.54) is 11.3 Å². The third kappa shape index (κ3) is 3.84. The van der Waals surface area contributed by atoms with Gasteiger partial charge in [0.15, 0.2) is 0 Å². The Morgan fingerprint density at radius 1 is 1.24 bits per heavy atom. The molecule has 1 amide bonds. The predicted octanol–water partition coefficient (Wildman–Crippen LogP) is 3.06. The molecule has 0 aliphatic carbocycles. The summed E-state index contributed by atoms with van der Waals surface area (Å²) in [7, 11) is 1.70. The van der Waals surface area contributed by atoms with Crippen molar-refractivity contribution in [2.45, 2.75) is 26.4 Å². The number of fused-ring (bicyclic) bond motifs is 1. The minimum Gasteiger partial charge on any atom is -0.334 e. The molecule has 0 bridgehead atoms. The van der Waals surface area contributed by atoms with Crippen molar-refractivity contribution in [3.05, 3.63) is 81.0 Å². The van der Waals surface area contributed by atoms with E-state index in [2.05, 4.69) is 15.1 Å². The van der Waals surface area contributed by atoms with Gasteiger partial charge < -0.3 is 9.88 Å².